The second kappa shape index (κ2) is 7.94. The van der Waals surface area contributed by atoms with E-state index in [1.165, 1.54) is 5.23 Å². The molecule has 0 radical (unpaired) electrons. The molecule has 0 fully saturated rings. The molecule has 4 nitrogen and oxygen atoms in total. The molecule has 4 heteroatoms. The predicted molar refractivity (Wildman–Crippen MR) is 41.8 cm³/mol. The maximum Gasteiger partial charge on any atom is 0.0751 e. The Morgan fingerprint density at radius 3 is 2.00 bits per heavy atom. The molecule has 0 aliphatic rings. The van der Waals surface area contributed by atoms with E-state index in [0.717, 1.165) is 0 Å². The Morgan fingerprint density at radius 1 is 1.09 bits per heavy atom. The van der Waals surface area contributed by atoms with E-state index < -0.39 is 0 Å². The van der Waals surface area contributed by atoms with Crippen molar-refractivity contribution in [1.82, 2.24) is 5.23 Å². The summed E-state index contributed by atoms with van der Waals surface area (Å²) in [5.41, 5.74) is 0. The summed E-state index contributed by atoms with van der Waals surface area (Å²) in [5, 5.41) is 1.45. The van der Waals surface area contributed by atoms with Gasteiger partial charge in [0.25, 0.3) is 0 Å². The van der Waals surface area contributed by atoms with Gasteiger partial charge in [-0.3, -0.25) is 9.68 Å². The lowest BCUT2D eigenvalue weighted by Crippen LogP contribution is -2.28. The molecule has 0 aromatic rings. The summed E-state index contributed by atoms with van der Waals surface area (Å²) in [6.45, 7) is 6.31. The van der Waals surface area contributed by atoms with E-state index in [-0.39, 0.29) is 0 Å². The lowest BCUT2D eigenvalue weighted by Gasteiger charge is -2.18. The van der Waals surface area contributed by atoms with Gasteiger partial charge in [0, 0.05) is 7.11 Å². The van der Waals surface area contributed by atoms with Gasteiger partial charge in [-0.15, -0.1) is 0 Å². The maximum absolute atomic E-state index is 5.12. The van der Waals surface area contributed by atoms with Gasteiger partial charge in [-0.05, 0) is 13.8 Å². The van der Waals surface area contributed by atoms with Gasteiger partial charge in [0.1, 0.15) is 0 Å². The Balaban J connectivity index is 3.34. The standard InChI is InChI=1S/C7H17NO3/c1-4-10-8(11-5-2)6-7-9-3/h4-7H2,1-3H3. The second-order valence-corrected chi connectivity index (χ2v) is 1.88. The number of methoxy groups -OCH3 is 1. The molecule has 0 aromatic heterocycles. The molecule has 11 heavy (non-hydrogen) atoms. The van der Waals surface area contributed by atoms with Crippen molar-refractivity contribution in [3.05, 3.63) is 0 Å². The molecule has 0 amide bonds. The fourth-order valence-corrected chi connectivity index (χ4v) is 0.620. The number of hydroxylamine groups is 2. The molecule has 0 spiro atoms. The molecular formula is C7H17NO3. The van der Waals surface area contributed by atoms with Gasteiger partial charge in [-0.2, -0.15) is 0 Å². The van der Waals surface area contributed by atoms with E-state index in [1.54, 1.807) is 7.11 Å². The summed E-state index contributed by atoms with van der Waals surface area (Å²) in [4.78, 5) is 10.2. The average molecular weight is 163 g/mol. The van der Waals surface area contributed by atoms with E-state index >= 15 is 0 Å². The van der Waals surface area contributed by atoms with Crippen molar-refractivity contribution in [1.29, 1.82) is 0 Å². The van der Waals surface area contributed by atoms with E-state index in [9.17, 15) is 0 Å². The van der Waals surface area contributed by atoms with E-state index in [1.807, 2.05) is 13.8 Å². The maximum atomic E-state index is 5.12. The van der Waals surface area contributed by atoms with Crippen molar-refractivity contribution in [3.63, 3.8) is 0 Å². The molecule has 0 aliphatic carbocycles. The minimum Gasteiger partial charge on any atom is -0.383 e. The van der Waals surface area contributed by atoms with E-state index in [0.29, 0.717) is 26.4 Å². The molecule has 0 aliphatic heterocycles. The van der Waals surface area contributed by atoms with Gasteiger partial charge >= 0.3 is 0 Å². The fraction of sp³-hybridized carbons (Fsp3) is 1.00. The molecule has 0 N–H and O–H groups in total. The fourth-order valence-electron chi connectivity index (χ4n) is 0.620. The van der Waals surface area contributed by atoms with Gasteiger partial charge in [0.15, 0.2) is 0 Å². The van der Waals surface area contributed by atoms with Gasteiger partial charge in [-0.25, -0.2) is 0 Å². The molecule has 68 valence electrons. The average Bonchev–Trinajstić information content (AvgIpc) is 2.01. The zero-order valence-electron chi connectivity index (χ0n) is 7.50. The van der Waals surface area contributed by atoms with Crippen LogP contribution in [0.15, 0.2) is 0 Å². The van der Waals surface area contributed by atoms with Crippen molar-refractivity contribution < 1.29 is 14.4 Å². The quantitative estimate of drug-likeness (QED) is 0.520. The molecule has 0 atom stereocenters. The molecule has 0 saturated heterocycles. The highest BCUT2D eigenvalue weighted by Crippen LogP contribution is 1.91. The van der Waals surface area contributed by atoms with Crippen LogP contribution >= 0.6 is 0 Å². The molecule has 0 heterocycles. The second-order valence-electron chi connectivity index (χ2n) is 1.88. The number of hydrogen-bond acceptors (Lipinski definition) is 4. The number of rotatable bonds is 7. The van der Waals surface area contributed by atoms with Crippen molar-refractivity contribution >= 4 is 0 Å². The summed E-state index contributed by atoms with van der Waals surface area (Å²) >= 11 is 0. The highest BCUT2D eigenvalue weighted by Gasteiger charge is 2.01. The third-order valence-corrected chi connectivity index (χ3v) is 1.02. The van der Waals surface area contributed by atoms with Crippen LogP contribution in [0, 0.1) is 0 Å². The zero-order chi connectivity index (χ0) is 8.53. The van der Waals surface area contributed by atoms with Crippen molar-refractivity contribution in [3.8, 4) is 0 Å². The molecule has 0 bridgehead atoms. The Hall–Kier alpha value is -0.160. The predicted octanol–water partition coefficient (Wildman–Crippen LogP) is 0.838. The van der Waals surface area contributed by atoms with Crippen LogP contribution in [-0.4, -0.2) is 38.7 Å². The summed E-state index contributed by atoms with van der Waals surface area (Å²) < 4.78 is 4.86. The SMILES string of the molecule is CCON(CCOC)OCC. The van der Waals surface area contributed by atoms with Gasteiger partial charge in [0.05, 0.1) is 26.4 Å². The Morgan fingerprint density at radius 2 is 1.64 bits per heavy atom. The summed E-state index contributed by atoms with van der Waals surface area (Å²) in [7, 11) is 1.65. The minimum atomic E-state index is 0.611. The normalized spacial score (nSPS) is 10.9. The first-order valence-electron chi connectivity index (χ1n) is 3.87. The lowest BCUT2D eigenvalue weighted by molar-refractivity contribution is -0.366. The van der Waals surface area contributed by atoms with Crippen LogP contribution in [-0.2, 0) is 14.4 Å². The number of ether oxygens (including phenoxy) is 1. The van der Waals surface area contributed by atoms with Crippen molar-refractivity contribution in [2.45, 2.75) is 13.8 Å². The summed E-state index contributed by atoms with van der Waals surface area (Å²) in [6, 6.07) is 0. The van der Waals surface area contributed by atoms with Crippen LogP contribution in [0.2, 0.25) is 0 Å². The Bertz CT molecular complexity index is 74.1. The van der Waals surface area contributed by atoms with E-state index in [4.69, 9.17) is 14.4 Å². The first kappa shape index (κ1) is 10.8. The highest BCUT2D eigenvalue weighted by atomic mass is 16.9. The van der Waals surface area contributed by atoms with Crippen LogP contribution in [0.4, 0.5) is 0 Å². The zero-order valence-corrected chi connectivity index (χ0v) is 7.50. The van der Waals surface area contributed by atoms with Crippen LogP contribution in [0.1, 0.15) is 13.8 Å². The largest absolute Gasteiger partial charge is 0.383 e. The van der Waals surface area contributed by atoms with Crippen LogP contribution in [0.5, 0.6) is 0 Å². The molecule has 0 rings (SSSR count). The minimum absolute atomic E-state index is 0.611. The summed E-state index contributed by atoms with van der Waals surface area (Å²) in [6.07, 6.45) is 0. The monoisotopic (exact) mass is 163 g/mol. The number of hydrogen-bond donors (Lipinski definition) is 0. The molecule has 0 unspecified atom stereocenters. The van der Waals surface area contributed by atoms with Crippen molar-refractivity contribution in [2.24, 2.45) is 0 Å². The van der Waals surface area contributed by atoms with Crippen molar-refractivity contribution in [2.75, 3.05) is 33.5 Å². The smallest absolute Gasteiger partial charge is 0.0751 e. The lowest BCUT2D eigenvalue weighted by atomic mass is 10.7. The topological polar surface area (TPSA) is 30.9 Å². The first-order chi connectivity index (χ1) is 5.35. The van der Waals surface area contributed by atoms with Gasteiger partial charge in [-0.1, -0.05) is 5.23 Å². The summed E-state index contributed by atoms with van der Waals surface area (Å²) in [5.74, 6) is 0. The third-order valence-electron chi connectivity index (χ3n) is 1.02. The van der Waals surface area contributed by atoms with E-state index in [2.05, 4.69) is 0 Å². The van der Waals surface area contributed by atoms with Gasteiger partial charge in [0.2, 0.25) is 0 Å². The first-order valence-corrected chi connectivity index (χ1v) is 3.87. The van der Waals surface area contributed by atoms with Gasteiger partial charge < -0.3 is 4.74 Å². The van der Waals surface area contributed by atoms with Crippen LogP contribution < -0.4 is 0 Å². The van der Waals surface area contributed by atoms with Crippen LogP contribution in [0.25, 0.3) is 0 Å². The number of nitrogens with zero attached hydrogens (tertiary/aromatic N) is 1. The molecular weight excluding hydrogens is 146 g/mol. The van der Waals surface area contributed by atoms with Crippen LogP contribution in [0.3, 0.4) is 0 Å². The third kappa shape index (κ3) is 6.25. The Labute approximate surface area is 67.9 Å². The highest BCUT2D eigenvalue weighted by molar-refractivity contribution is 4.29. The Kier molecular flexibility index (Phi) is 7.83. The molecule has 0 saturated carbocycles. The molecule has 0 aromatic carbocycles.